The number of nitrogens with zero attached hydrogens (tertiary/aromatic N) is 5. The fourth-order valence-electron chi connectivity index (χ4n) is 2.90. The summed E-state index contributed by atoms with van der Waals surface area (Å²) >= 11 is 1.61. The second-order valence-corrected chi connectivity index (χ2v) is 7.13. The lowest BCUT2D eigenvalue weighted by Gasteiger charge is -2.26. The van der Waals surface area contributed by atoms with Crippen molar-refractivity contribution >= 4 is 23.3 Å². The second-order valence-electron chi connectivity index (χ2n) is 6.15. The molecule has 3 aromatic rings. The Morgan fingerprint density at radius 3 is 3.00 bits per heavy atom. The highest BCUT2D eigenvalue weighted by atomic mass is 32.1. The maximum absolute atomic E-state index is 12.4. The van der Waals surface area contributed by atoms with Crippen LogP contribution in [0.25, 0.3) is 6.08 Å². The summed E-state index contributed by atoms with van der Waals surface area (Å²) in [6, 6.07) is 7.81. The normalized spacial score (nSPS) is 13.9. The minimum atomic E-state index is -0.00738. The molecular formula is C19H19N5O2S. The van der Waals surface area contributed by atoms with E-state index in [0.717, 1.165) is 22.1 Å². The van der Waals surface area contributed by atoms with Crippen molar-refractivity contribution < 1.29 is 9.53 Å². The van der Waals surface area contributed by atoms with Crippen LogP contribution in [-0.4, -0.2) is 37.1 Å². The van der Waals surface area contributed by atoms with Gasteiger partial charge in [-0.2, -0.15) is 0 Å². The molecule has 0 atom stereocenters. The van der Waals surface area contributed by atoms with Crippen molar-refractivity contribution in [3.05, 3.63) is 70.2 Å². The minimum Gasteiger partial charge on any atom is -0.369 e. The lowest BCUT2D eigenvalue weighted by molar-refractivity contribution is -0.127. The molecule has 0 spiro atoms. The third-order valence-corrected chi connectivity index (χ3v) is 5.14. The van der Waals surface area contributed by atoms with Gasteiger partial charge in [0.25, 0.3) is 0 Å². The minimum absolute atomic E-state index is 0.00738. The molecule has 7 nitrogen and oxygen atoms in total. The molecule has 4 rings (SSSR count). The molecule has 0 unspecified atom stereocenters. The monoisotopic (exact) mass is 381 g/mol. The molecule has 0 radical (unpaired) electrons. The van der Waals surface area contributed by atoms with Gasteiger partial charge in [0.2, 0.25) is 5.91 Å². The SMILES string of the molecule is O=C(/C=C/c1cccs1)N1CCn2c(COCc3cccnc3)nnc2C1. The van der Waals surface area contributed by atoms with Gasteiger partial charge < -0.3 is 14.2 Å². The largest absolute Gasteiger partial charge is 0.369 e. The highest BCUT2D eigenvalue weighted by Crippen LogP contribution is 2.15. The van der Waals surface area contributed by atoms with Gasteiger partial charge in [0.15, 0.2) is 11.6 Å². The summed E-state index contributed by atoms with van der Waals surface area (Å²) in [6.45, 7) is 2.63. The smallest absolute Gasteiger partial charge is 0.247 e. The first-order valence-electron chi connectivity index (χ1n) is 8.68. The van der Waals surface area contributed by atoms with E-state index in [2.05, 4.69) is 15.2 Å². The van der Waals surface area contributed by atoms with Crippen LogP contribution < -0.4 is 0 Å². The van der Waals surface area contributed by atoms with Crippen LogP contribution in [0.15, 0.2) is 48.1 Å². The number of thiophene rings is 1. The van der Waals surface area contributed by atoms with Gasteiger partial charge in [0.05, 0.1) is 13.2 Å². The lowest BCUT2D eigenvalue weighted by Crippen LogP contribution is -2.37. The summed E-state index contributed by atoms with van der Waals surface area (Å²) < 4.78 is 7.77. The first-order valence-corrected chi connectivity index (χ1v) is 9.55. The van der Waals surface area contributed by atoms with Crippen LogP contribution in [-0.2, 0) is 35.8 Å². The first-order chi connectivity index (χ1) is 13.3. The molecular weight excluding hydrogens is 362 g/mol. The maximum Gasteiger partial charge on any atom is 0.247 e. The number of pyridine rings is 1. The van der Waals surface area contributed by atoms with E-state index in [1.54, 1.807) is 34.7 Å². The van der Waals surface area contributed by atoms with Gasteiger partial charge in [-0.1, -0.05) is 12.1 Å². The van der Waals surface area contributed by atoms with Crippen LogP contribution >= 0.6 is 11.3 Å². The van der Waals surface area contributed by atoms with Gasteiger partial charge in [-0.25, -0.2) is 0 Å². The summed E-state index contributed by atoms with van der Waals surface area (Å²) in [5.74, 6) is 1.57. The van der Waals surface area contributed by atoms with Crippen molar-refractivity contribution in [2.24, 2.45) is 0 Å². The number of rotatable bonds is 6. The standard InChI is InChI=1S/C19H19N5O2S/c25-19(6-5-16-4-2-10-27-16)23-8-9-24-17(12-23)21-22-18(24)14-26-13-15-3-1-7-20-11-15/h1-7,10-11H,8-9,12-14H2/b6-5+. The number of carbonyl (C=O) groups is 1. The zero-order valence-corrected chi connectivity index (χ0v) is 15.5. The zero-order valence-electron chi connectivity index (χ0n) is 14.7. The Morgan fingerprint density at radius 1 is 1.22 bits per heavy atom. The van der Waals surface area contributed by atoms with E-state index in [1.165, 1.54) is 0 Å². The lowest BCUT2D eigenvalue weighted by atomic mass is 10.3. The summed E-state index contributed by atoms with van der Waals surface area (Å²) in [4.78, 5) is 19.3. The Labute approximate surface area is 160 Å². The van der Waals surface area contributed by atoms with Crippen LogP contribution in [0.1, 0.15) is 22.1 Å². The molecule has 1 aliphatic rings. The van der Waals surface area contributed by atoms with E-state index in [4.69, 9.17) is 4.74 Å². The average molecular weight is 381 g/mol. The Hall–Kier alpha value is -2.84. The van der Waals surface area contributed by atoms with Crippen molar-refractivity contribution in [2.75, 3.05) is 6.54 Å². The molecule has 0 bridgehead atoms. The van der Waals surface area contributed by atoms with E-state index in [9.17, 15) is 4.79 Å². The molecule has 138 valence electrons. The number of ether oxygens (including phenoxy) is 1. The van der Waals surface area contributed by atoms with E-state index in [0.29, 0.717) is 32.8 Å². The van der Waals surface area contributed by atoms with Crippen LogP contribution in [0.4, 0.5) is 0 Å². The van der Waals surface area contributed by atoms with Crippen LogP contribution in [0, 0.1) is 0 Å². The van der Waals surface area contributed by atoms with Crippen molar-refractivity contribution in [1.82, 2.24) is 24.6 Å². The number of carbonyl (C=O) groups excluding carboxylic acids is 1. The molecule has 27 heavy (non-hydrogen) atoms. The highest BCUT2D eigenvalue weighted by Gasteiger charge is 2.23. The average Bonchev–Trinajstić information content (AvgIpc) is 3.36. The molecule has 1 amide bonds. The van der Waals surface area contributed by atoms with Gasteiger partial charge in [0.1, 0.15) is 6.61 Å². The molecule has 3 aromatic heterocycles. The van der Waals surface area contributed by atoms with Crippen molar-refractivity contribution in [3.8, 4) is 0 Å². The fraction of sp³-hybridized carbons (Fsp3) is 0.263. The highest BCUT2D eigenvalue weighted by molar-refractivity contribution is 7.10. The molecule has 4 heterocycles. The molecule has 8 heteroatoms. The summed E-state index contributed by atoms with van der Waals surface area (Å²) in [5.41, 5.74) is 1.02. The third-order valence-electron chi connectivity index (χ3n) is 4.30. The maximum atomic E-state index is 12.4. The quantitative estimate of drug-likeness (QED) is 0.614. The van der Waals surface area contributed by atoms with Gasteiger partial charge in [-0.05, 0) is 29.2 Å². The molecule has 0 saturated heterocycles. The number of amides is 1. The number of fused-ring (bicyclic) bond motifs is 1. The van der Waals surface area contributed by atoms with E-state index in [-0.39, 0.29) is 5.91 Å². The topological polar surface area (TPSA) is 73.1 Å². The second kappa shape index (κ2) is 8.24. The Balaban J connectivity index is 1.33. The summed E-state index contributed by atoms with van der Waals surface area (Å²) in [5, 5.41) is 10.4. The third kappa shape index (κ3) is 4.29. The number of hydrogen-bond donors (Lipinski definition) is 0. The van der Waals surface area contributed by atoms with E-state index >= 15 is 0 Å². The van der Waals surface area contributed by atoms with Gasteiger partial charge in [-0.15, -0.1) is 21.5 Å². The molecule has 0 aliphatic carbocycles. The van der Waals surface area contributed by atoms with Crippen molar-refractivity contribution in [2.45, 2.75) is 26.3 Å². The zero-order chi connectivity index (χ0) is 18.5. The van der Waals surface area contributed by atoms with Crippen LogP contribution in [0.2, 0.25) is 0 Å². The van der Waals surface area contributed by atoms with Gasteiger partial charge in [0, 0.05) is 36.4 Å². The fourth-order valence-corrected chi connectivity index (χ4v) is 3.52. The molecule has 0 aromatic carbocycles. The van der Waals surface area contributed by atoms with E-state index in [1.807, 2.05) is 40.3 Å². The first kappa shape index (κ1) is 17.6. The van der Waals surface area contributed by atoms with Gasteiger partial charge >= 0.3 is 0 Å². The van der Waals surface area contributed by atoms with E-state index < -0.39 is 0 Å². The van der Waals surface area contributed by atoms with Crippen molar-refractivity contribution in [3.63, 3.8) is 0 Å². The Bertz CT molecular complexity index is 921. The molecule has 0 saturated carbocycles. The number of hydrogen-bond acceptors (Lipinski definition) is 6. The predicted octanol–water partition coefficient (Wildman–Crippen LogP) is 2.51. The van der Waals surface area contributed by atoms with Gasteiger partial charge in [-0.3, -0.25) is 9.78 Å². The predicted molar refractivity (Wildman–Crippen MR) is 102 cm³/mol. The summed E-state index contributed by atoms with van der Waals surface area (Å²) in [7, 11) is 0. The summed E-state index contributed by atoms with van der Waals surface area (Å²) in [6.07, 6.45) is 6.99. The number of aromatic nitrogens is 4. The Morgan fingerprint density at radius 2 is 2.19 bits per heavy atom. The Kier molecular flexibility index (Phi) is 5.36. The van der Waals surface area contributed by atoms with Crippen LogP contribution in [0.3, 0.4) is 0 Å². The molecule has 1 aliphatic heterocycles. The van der Waals surface area contributed by atoms with Crippen molar-refractivity contribution in [1.29, 1.82) is 0 Å². The van der Waals surface area contributed by atoms with Crippen LogP contribution in [0.5, 0.6) is 0 Å². The molecule has 0 N–H and O–H groups in total. The molecule has 0 fully saturated rings.